The molecule has 5 aromatic rings. The molecule has 6 heterocycles. The van der Waals surface area contributed by atoms with E-state index in [4.69, 9.17) is 38.9 Å². The second-order valence-electron chi connectivity index (χ2n) is 18.4. The molecule has 0 spiro atoms. The molecule has 2 atom stereocenters. The number of unbranched alkanes of at least 4 members (excludes halogenated alkanes) is 1. The van der Waals surface area contributed by atoms with Crippen LogP contribution in [0.3, 0.4) is 0 Å². The van der Waals surface area contributed by atoms with Crippen molar-refractivity contribution in [1.29, 1.82) is 0 Å². The van der Waals surface area contributed by atoms with E-state index in [2.05, 4.69) is 29.7 Å². The van der Waals surface area contributed by atoms with Crippen molar-refractivity contribution in [3.8, 4) is 28.9 Å². The molecule has 1 aliphatic carbocycles. The van der Waals surface area contributed by atoms with Gasteiger partial charge in [0.05, 0.1) is 37.4 Å². The smallest absolute Gasteiger partial charge is 0.409 e. The van der Waals surface area contributed by atoms with Gasteiger partial charge in [-0.05, 0) is 104 Å². The number of hydrogen-bond donors (Lipinski definition) is 0. The third-order valence-electron chi connectivity index (χ3n) is 13.6. The molecule has 344 valence electrons. The average molecular weight is 891 g/mol. The number of ether oxygens (including phenoxy) is 4. The molecule has 4 fully saturated rings. The Morgan fingerprint density at radius 3 is 2.28 bits per heavy atom. The molecule has 13 nitrogen and oxygen atoms in total. The van der Waals surface area contributed by atoms with Gasteiger partial charge in [-0.2, -0.15) is 9.97 Å². The minimum absolute atomic E-state index is 0.0270. The summed E-state index contributed by atoms with van der Waals surface area (Å²) in [4.78, 5) is 40.5. The number of amides is 1. The molecule has 65 heavy (non-hydrogen) atoms. The van der Waals surface area contributed by atoms with E-state index in [9.17, 15) is 9.18 Å². The number of carbonyl (C=O) groups excluding carboxylic acids is 1. The molecule has 0 radical (unpaired) electrons. The van der Waals surface area contributed by atoms with Gasteiger partial charge in [0.2, 0.25) is 0 Å². The predicted octanol–water partition coefficient (Wildman–Crippen LogP) is 8.90. The number of fused-ring (bicyclic) bond motifs is 2. The Morgan fingerprint density at radius 2 is 1.63 bits per heavy atom. The fourth-order valence-electron chi connectivity index (χ4n) is 9.91. The Morgan fingerprint density at radius 1 is 0.938 bits per heavy atom. The average Bonchev–Trinajstić information content (AvgIpc) is 3.99. The van der Waals surface area contributed by atoms with Crippen LogP contribution in [0.15, 0.2) is 60.8 Å². The van der Waals surface area contributed by atoms with Crippen molar-refractivity contribution in [3.05, 3.63) is 88.9 Å². The summed E-state index contributed by atoms with van der Waals surface area (Å²) in [6.45, 7) is 8.63. The SMILES string of the molecule is CCCCOC(=O)N1CC(CN(C)c2nc(OC[C@@]34CCCN3C[C@H](F)C4)nc3c(F)c(-c4nc(N(Cc5ccc(OC)cc5)Cc5ccc(OC)cc5)cc(C)c4C4CC4)ncc23)C1. The Labute approximate surface area is 380 Å². The van der Waals surface area contributed by atoms with E-state index in [1.807, 2.05) is 60.5 Å². The zero-order valence-corrected chi connectivity index (χ0v) is 38.2. The Kier molecular flexibility index (Phi) is 12.9. The summed E-state index contributed by atoms with van der Waals surface area (Å²) < 4.78 is 55.3. The van der Waals surface area contributed by atoms with Crippen LogP contribution in [0.2, 0.25) is 0 Å². The van der Waals surface area contributed by atoms with Crippen molar-refractivity contribution < 1.29 is 32.5 Å². The number of pyridine rings is 2. The van der Waals surface area contributed by atoms with Gasteiger partial charge in [-0.1, -0.05) is 37.6 Å². The van der Waals surface area contributed by atoms with Crippen molar-refractivity contribution >= 4 is 28.6 Å². The van der Waals surface area contributed by atoms with E-state index in [1.54, 1.807) is 25.3 Å². The van der Waals surface area contributed by atoms with Gasteiger partial charge in [0, 0.05) is 64.9 Å². The molecule has 3 aromatic heterocycles. The third kappa shape index (κ3) is 9.48. The second-order valence-corrected chi connectivity index (χ2v) is 18.4. The van der Waals surface area contributed by atoms with Crippen molar-refractivity contribution in [2.45, 2.75) is 89.5 Å². The van der Waals surface area contributed by atoms with Crippen molar-refractivity contribution in [1.82, 2.24) is 29.7 Å². The lowest BCUT2D eigenvalue weighted by Crippen LogP contribution is -2.53. The number of carbonyl (C=O) groups is 1. The highest BCUT2D eigenvalue weighted by molar-refractivity contribution is 5.92. The number of methoxy groups -OCH3 is 2. The number of aryl methyl sites for hydroxylation is 1. The monoisotopic (exact) mass is 890 g/mol. The van der Waals surface area contributed by atoms with Crippen LogP contribution in [0.5, 0.6) is 17.5 Å². The van der Waals surface area contributed by atoms with Crippen LogP contribution in [0.25, 0.3) is 22.3 Å². The molecule has 0 unspecified atom stereocenters. The van der Waals surface area contributed by atoms with Crippen LogP contribution >= 0.6 is 0 Å². The molecule has 3 aliphatic heterocycles. The van der Waals surface area contributed by atoms with E-state index >= 15 is 4.39 Å². The van der Waals surface area contributed by atoms with E-state index in [0.717, 1.165) is 78.8 Å². The van der Waals surface area contributed by atoms with Crippen molar-refractivity contribution in [2.24, 2.45) is 5.92 Å². The Hall–Kier alpha value is -5.83. The summed E-state index contributed by atoms with van der Waals surface area (Å²) in [5.41, 5.74) is 4.36. The molecule has 3 saturated heterocycles. The first-order chi connectivity index (χ1) is 31.5. The van der Waals surface area contributed by atoms with Crippen LogP contribution in [-0.2, 0) is 17.8 Å². The number of benzene rings is 2. The van der Waals surface area contributed by atoms with E-state index in [0.29, 0.717) is 75.0 Å². The quantitative estimate of drug-likeness (QED) is 0.0783. The Bertz CT molecular complexity index is 2440. The van der Waals surface area contributed by atoms with Gasteiger partial charge in [0.1, 0.15) is 47.1 Å². The minimum Gasteiger partial charge on any atom is -0.497 e. The second kappa shape index (κ2) is 18.9. The van der Waals surface area contributed by atoms with E-state index < -0.39 is 17.5 Å². The number of hydrogen-bond acceptors (Lipinski definition) is 12. The molecule has 1 amide bonds. The first kappa shape index (κ1) is 44.4. The molecular weight excluding hydrogens is 831 g/mol. The van der Waals surface area contributed by atoms with Crippen molar-refractivity contribution in [3.63, 3.8) is 0 Å². The molecule has 9 rings (SSSR count). The maximum Gasteiger partial charge on any atom is 0.409 e. The van der Waals surface area contributed by atoms with Crippen LogP contribution in [0.1, 0.15) is 80.0 Å². The number of nitrogens with zero attached hydrogens (tertiary/aromatic N) is 8. The number of anilines is 2. The summed E-state index contributed by atoms with van der Waals surface area (Å²) in [6, 6.07) is 18.1. The molecule has 1 saturated carbocycles. The number of alkyl halides is 1. The first-order valence-corrected chi connectivity index (χ1v) is 23.1. The predicted molar refractivity (Wildman–Crippen MR) is 246 cm³/mol. The molecule has 2 aromatic carbocycles. The number of aromatic nitrogens is 4. The van der Waals surface area contributed by atoms with Gasteiger partial charge < -0.3 is 33.6 Å². The van der Waals surface area contributed by atoms with Gasteiger partial charge in [0.15, 0.2) is 5.82 Å². The van der Waals surface area contributed by atoms with E-state index in [-0.39, 0.29) is 41.8 Å². The number of rotatable bonds is 18. The van der Waals surface area contributed by atoms with E-state index in [1.165, 1.54) is 0 Å². The minimum atomic E-state index is -0.925. The molecule has 4 aliphatic rings. The molecule has 0 bridgehead atoms. The maximum atomic E-state index is 17.7. The first-order valence-electron chi connectivity index (χ1n) is 23.1. The lowest BCUT2D eigenvalue weighted by atomic mass is 9.95. The van der Waals surface area contributed by atoms with Crippen LogP contribution in [-0.4, -0.2) is 115 Å². The summed E-state index contributed by atoms with van der Waals surface area (Å²) in [6.07, 6.45) is 6.32. The van der Waals surface area contributed by atoms with Gasteiger partial charge in [0.25, 0.3) is 0 Å². The Balaban J connectivity index is 1.08. The normalized spacial score (nSPS) is 19.6. The topological polar surface area (TPSA) is 119 Å². The van der Waals surface area contributed by atoms with Gasteiger partial charge >= 0.3 is 12.1 Å². The highest BCUT2D eigenvalue weighted by Crippen LogP contribution is 2.47. The highest BCUT2D eigenvalue weighted by atomic mass is 19.1. The van der Waals surface area contributed by atoms with Crippen LogP contribution < -0.4 is 24.0 Å². The van der Waals surface area contributed by atoms with Gasteiger partial charge in [-0.3, -0.25) is 9.88 Å². The summed E-state index contributed by atoms with van der Waals surface area (Å²) in [5.74, 6) is 2.46. The molecular formula is C50H60F2N8O5. The van der Waals surface area contributed by atoms with Crippen molar-refractivity contribution in [2.75, 3.05) is 77.0 Å². The maximum absolute atomic E-state index is 17.7. The number of likely N-dealkylation sites (tertiary alicyclic amines) is 1. The van der Waals surface area contributed by atoms with Gasteiger partial charge in [-0.25, -0.2) is 18.6 Å². The number of halogens is 2. The summed E-state index contributed by atoms with van der Waals surface area (Å²) in [7, 11) is 5.21. The zero-order valence-electron chi connectivity index (χ0n) is 38.2. The van der Waals surface area contributed by atoms with Gasteiger partial charge in [-0.15, -0.1) is 0 Å². The fraction of sp³-hybridized carbons (Fsp3) is 0.500. The molecule has 0 N–H and O–H groups in total. The fourth-order valence-corrected chi connectivity index (χ4v) is 9.91. The summed E-state index contributed by atoms with van der Waals surface area (Å²) in [5, 5.41) is 0.433. The zero-order chi connectivity index (χ0) is 45.2. The summed E-state index contributed by atoms with van der Waals surface area (Å²) >= 11 is 0. The third-order valence-corrected chi connectivity index (χ3v) is 13.6. The highest BCUT2D eigenvalue weighted by Gasteiger charge is 2.49. The van der Waals surface area contributed by atoms with Crippen LogP contribution in [0.4, 0.5) is 25.2 Å². The lowest BCUT2D eigenvalue weighted by Gasteiger charge is -2.40. The lowest BCUT2D eigenvalue weighted by molar-refractivity contribution is 0.0552. The largest absolute Gasteiger partial charge is 0.497 e. The standard InChI is InChI=1S/C50H60F2N8O5/c1-6-7-21-64-49(61)59-28-35(29-59)25-57(3)47-40-24-53-46(43(52)44(40)55-48(56-47)65-31-50-19-8-20-60(50)30-37(51)23-50)45-42(36-13-14-36)32(2)22-41(54-45)58(26-33-9-15-38(62-4)16-10-33)27-34-11-17-39(63-5)18-12-34/h9-12,15-18,22,24,35-37H,6-8,13-14,19-21,23,25-31H2,1-5H3/t37-,50+/m1/s1. The van der Waals surface area contributed by atoms with Crippen LogP contribution in [0, 0.1) is 18.7 Å². The molecule has 15 heteroatoms.